The molecule has 2 heterocycles. The summed E-state index contributed by atoms with van der Waals surface area (Å²) in [5.41, 5.74) is 5.27. The molecule has 0 aromatic heterocycles. The molecule has 0 bridgehead atoms. The fourth-order valence-electron chi connectivity index (χ4n) is 1.82. The highest BCUT2D eigenvalue weighted by molar-refractivity contribution is 7.91. The quantitative estimate of drug-likeness (QED) is 0.502. The normalized spacial score (nSPS) is 47.5. The van der Waals surface area contributed by atoms with Gasteiger partial charge in [0.05, 0.1) is 30.3 Å². The Kier molecular flexibility index (Phi) is 1.34. The van der Waals surface area contributed by atoms with Gasteiger partial charge in [0.1, 0.15) is 0 Å². The first-order valence-corrected chi connectivity index (χ1v) is 5.41. The van der Waals surface area contributed by atoms with Crippen LogP contribution in [0.15, 0.2) is 0 Å². The number of hydrogen-bond acceptors (Lipinski definition) is 4. The lowest BCUT2D eigenvalue weighted by atomic mass is 9.92. The van der Waals surface area contributed by atoms with E-state index in [-0.39, 0.29) is 17.4 Å². The molecule has 0 amide bonds. The van der Waals surface area contributed by atoms with Gasteiger partial charge in [-0.25, -0.2) is 8.42 Å². The fourth-order valence-corrected chi connectivity index (χ4v) is 4.12. The summed E-state index contributed by atoms with van der Waals surface area (Å²) < 4.78 is 27.3. The smallest absolute Gasteiger partial charge is 0.152 e. The lowest BCUT2D eigenvalue weighted by molar-refractivity contribution is 0.178. The van der Waals surface area contributed by atoms with E-state index in [2.05, 4.69) is 0 Å². The van der Waals surface area contributed by atoms with Gasteiger partial charge in [-0.2, -0.15) is 0 Å². The van der Waals surface area contributed by atoms with Crippen molar-refractivity contribution in [3.8, 4) is 0 Å². The van der Waals surface area contributed by atoms with Gasteiger partial charge in [-0.15, -0.1) is 0 Å². The zero-order valence-electron chi connectivity index (χ0n) is 6.12. The van der Waals surface area contributed by atoms with Crippen LogP contribution in [-0.4, -0.2) is 38.7 Å². The maximum atomic E-state index is 11.1. The molecule has 2 atom stereocenters. The SMILES string of the molecule is N[C@@]12COC[C@H]1CS(=O)(=O)C2. The van der Waals surface area contributed by atoms with E-state index in [4.69, 9.17) is 10.5 Å². The first kappa shape index (κ1) is 7.52. The molecule has 2 aliphatic heterocycles. The summed E-state index contributed by atoms with van der Waals surface area (Å²) in [4.78, 5) is 0. The third-order valence-corrected chi connectivity index (χ3v) is 4.33. The maximum absolute atomic E-state index is 11.1. The van der Waals surface area contributed by atoms with E-state index < -0.39 is 15.4 Å². The largest absolute Gasteiger partial charge is 0.379 e. The standard InChI is InChI=1S/C6H11NO3S/c7-6-3-10-1-5(6)2-11(8,9)4-6/h5H,1-4,7H2/t5-,6+/m0/s1. The van der Waals surface area contributed by atoms with Crippen molar-refractivity contribution in [2.24, 2.45) is 11.7 Å². The van der Waals surface area contributed by atoms with Crippen LogP contribution in [0.4, 0.5) is 0 Å². The van der Waals surface area contributed by atoms with Crippen molar-refractivity contribution in [3.63, 3.8) is 0 Å². The molecule has 0 radical (unpaired) electrons. The van der Waals surface area contributed by atoms with Gasteiger partial charge in [0.15, 0.2) is 9.84 Å². The minimum atomic E-state index is -2.87. The molecular weight excluding hydrogens is 166 g/mol. The van der Waals surface area contributed by atoms with Gasteiger partial charge in [-0.3, -0.25) is 0 Å². The highest BCUT2D eigenvalue weighted by Crippen LogP contribution is 2.32. The van der Waals surface area contributed by atoms with E-state index >= 15 is 0 Å². The number of fused-ring (bicyclic) bond motifs is 1. The molecule has 0 aromatic carbocycles. The average Bonchev–Trinajstić information content (AvgIpc) is 2.16. The third kappa shape index (κ3) is 1.07. The molecule has 4 nitrogen and oxygen atoms in total. The van der Waals surface area contributed by atoms with E-state index in [9.17, 15) is 8.42 Å². The van der Waals surface area contributed by atoms with E-state index in [1.807, 2.05) is 0 Å². The monoisotopic (exact) mass is 177 g/mol. The molecule has 11 heavy (non-hydrogen) atoms. The van der Waals surface area contributed by atoms with Crippen molar-refractivity contribution in [2.75, 3.05) is 24.7 Å². The molecule has 0 aliphatic carbocycles. The predicted octanol–water partition coefficient (Wildman–Crippen LogP) is -1.24. The minimum Gasteiger partial charge on any atom is -0.379 e. The Bertz CT molecular complexity index is 274. The summed E-state index contributed by atoms with van der Waals surface area (Å²) in [6.07, 6.45) is 0. The van der Waals surface area contributed by atoms with E-state index in [1.54, 1.807) is 0 Å². The van der Waals surface area contributed by atoms with Gasteiger partial charge < -0.3 is 10.5 Å². The highest BCUT2D eigenvalue weighted by Gasteiger charge is 2.51. The Morgan fingerprint density at radius 3 is 2.91 bits per heavy atom. The van der Waals surface area contributed by atoms with Crippen LogP contribution >= 0.6 is 0 Å². The van der Waals surface area contributed by atoms with E-state index in [1.165, 1.54) is 0 Å². The average molecular weight is 177 g/mol. The Morgan fingerprint density at radius 1 is 1.55 bits per heavy atom. The zero-order valence-corrected chi connectivity index (χ0v) is 6.93. The van der Waals surface area contributed by atoms with Crippen molar-refractivity contribution in [1.82, 2.24) is 0 Å². The van der Waals surface area contributed by atoms with Crippen LogP contribution in [0.2, 0.25) is 0 Å². The Hall–Kier alpha value is -0.130. The molecule has 2 fully saturated rings. The van der Waals surface area contributed by atoms with Gasteiger partial charge in [-0.1, -0.05) is 0 Å². The van der Waals surface area contributed by atoms with Crippen LogP contribution in [0.1, 0.15) is 0 Å². The topological polar surface area (TPSA) is 69.4 Å². The summed E-state index contributed by atoms with van der Waals surface area (Å²) in [6.45, 7) is 0.909. The Balaban J connectivity index is 2.33. The lowest BCUT2D eigenvalue weighted by Crippen LogP contribution is -2.46. The number of hydrogen-bond donors (Lipinski definition) is 1. The summed E-state index contributed by atoms with van der Waals surface area (Å²) in [5.74, 6) is 0.348. The molecule has 0 saturated carbocycles. The molecule has 64 valence electrons. The lowest BCUT2D eigenvalue weighted by Gasteiger charge is -2.17. The zero-order chi connectivity index (χ0) is 8.11. The number of nitrogens with two attached hydrogens (primary N) is 1. The van der Waals surface area contributed by atoms with Crippen LogP contribution < -0.4 is 5.73 Å². The molecular formula is C6H11NO3S. The number of ether oxygens (including phenoxy) is 1. The molecule has 2 saturated heterocycles. The molecule has 0 unspecified atom stereocenters. The summed E-state index contributed by atoms with van der Waals surface area (Å²) >= 11 is 0. The molecule has 2 aliphatic rings. The van der Waals surface area contributed by atoms with Crippen molar-refractivity contribution < 1.29 is 13.2 Å². The van der Waals surface area contributed by atoms with Crippen molar-refractivity contribution in [2.45, 2.75) is 5.54 Å². The number of rotatable bonds is 0. The molecule has 5 heteroatoms. The fraction of sp³-hybridized carbons (Fsp3) is 1.00. The van der Waals surface area contributed by atoms with Crippen LogP contribution in [0, 0.1) is 5.92 Å². The van der Waals surface area contributed by atoms with Gasteiger partial charge in [0, 0.05) is 5.92 Å². The highest BCUT2D eigenvalue weighted by atomic mass is 32.2. The second kappa shape index (κ2) is 1.97. The maximum Gasteiger partial charge on any atom is 0.152 e. The predicted molar refractivity (Wildman–Crippen MR) is 39.9 cm³/mol. The van der Waals surface area contributed by atoms with Crippen LogP contribution in [-0.2, 0) is 14.6 Å². The third-order valence-electron chi connectivity index (χ3n) is 2.45. The van der Waals surface area contributed by atoms with Gasteiger partial charge in [0.25, 0.3) is 0 Å². The first-order chi connectivity index (χ1) is 5.02. The molecule has 0 aromatic rings. The van der Waals surface area contributed by atoms with Gasteiger partial charge in [-0.05, 0) is 0 Å². The minimum absolute atomic E-state index is 0.0347. The summed E-state index contributed by atoms with van der Waals surface area (Å²) in [5, 5.41) is 0. The summed E-state index contributed by atoms with van der Waals surface area (Å²) in [7, 11) is -2.87. The first-order valence-electron chi connectivity index (χ1n) is 3.59. The van der Waals surface area contributed by atoms with Crippen LogP contribution in [0.3, 0.4) is 0 Å². The second-order valence-electron chi connectivity index (χ2n) is 3.50. The Labute approximate surface area is 65.6 Å². The van der Waals surface area contributed by atoms with Gasteiger partial charge in [0.2, 0.25) is 0 Å². The summed E-state index contributed by atoms with van der Waals surface area (Å²) in [6, 6.07) is 0. The van der Waals surface area contributed by atoms with Crippen LogP contribution in [0.25, 0.3) is 0 Å². The molecule has 0 spiro atoms. The van der Waals surface area contributed by atoms with Crippen molar-refractivity contribution in [1.29, 1.82) is 0 Å². The second-order valence-corrected chi connectivity index (χ2v) is 5.61. The van der Waals surface area contributed by atoms with E-state index in [0.717, 1.165) is 0 Å². The molecule has 2 rings (SSSR count). The van der Waals surface area contributed by atoms with Crippen molar-refractivity contribution in [3.05, 3.63) is 0 Å². The van der Waals surface area contributed by atoms with Crippen molar-refractivity contribution >= 4 is 9.84 Å². The molecule has 2 N–H and O–H groups in total. The van der Waals surface area contributed by atoms with Crippen LogP contribution in [0.5, 0.6) is 0 Å². The van der Waals surface area contributed by atoms with E-state index in [0.29, 0.717) is 13.2 Å². The number of sulfone groups is 1. The Morgan fingerprint density at radius 2 is 2.27 bits per heavy atom. The van der Waals surface area contributed by atoms with Gasteiger partial charge >= 0.3 is 0 Å².